The van der Waals surface area contributed by atoms with E-state index in [1.54, 1.807) is 0 Å². The van der Waals surface area contributed by atoms with Gasteiger partial charge in [0.2, 0.25) is 0 Å². The monoisotopic (exact) mass is 349 g/mol. The van der Waals surface area contributed by atoms with E-state index in [0.717, 1.165) is 28.2 Å². The van der Waals surface area contributed by atoms with Gasteiger partial charge in [0.1, 0.15) is 0 Å². The number of hydrogen-bond acceptors (Lipinski definition) is 4. The first kappa shape index (κ1) is 14.6. The number of benzene rings is 1. The maximum absolute atomic E-state index is 6.07. The van der Waals surface area contributed by atoms with Crippen LogP contribution in [0.5, 0.6) is 0 Å². The third-order valence-corrected chi connectivity index (χ3v) is 5.14. The molecule has 0 bridgehead atoms. The van der Waals surface area contributed by atoms with Crippen molar-refractivity contribution < 1.29 is 4.52 Å². The lowest BCUT2D eigenvalue weighted by molar-refractivity contribution is 0.300. The topological polar surface area (TPSA) is 64.9 Å². The van der Waals surface area contributed by atoms with Crippen LogP contribution >= 0.6 is 15.9 Å². The fraction of sp³-hybridized carbons (Fsp3) is 0.500. The molecule has 0 aliphatic heterocycles. The maximum Gasteiger partial charge on any atom is 0.260 e. The van der Waals surface area contributed by atoms with Crippen molar-refractivity contribution in [2.45, 2.75) is 44.9 Å². The summed E-state index contributed by atoms with van der Waals surface area (Å²) in [6, 6.07) is 5.74. The van der Waals surface area contributed by atoms with Crippen LogP contribution < -0.4 is 5.73 Å². The highest BCUT2D eigenvalue weighted by Gasteiger charge is 2.26. The molecule has 2 aromatic rings. The normalized spacial score (nSPS) is 22.4. The average molecular weight is 350 g/mol. The summed E-state index contributed by atoms with van der Waals surface area (Å²) in [5.74, 6) is 2.57. The van der Waals surface area contributed by atoms with Gasteiger partial charge >= 0.3 is 0 Å². The molecule has 1 saturated carbocycles. The molecule has 112 valence electrons. The summed E-state index contributed by atoms with van der Waals surface area (Å²) in [6.45, 7) is 2.26. The minimum Gasteiger partial charge on any atom is -0.397 e. The van der Waals surface area contributed by atoms with Gasteiger partial charge in [0, 0.05) is 10.4 Å². The quantitative estimate of drug-likeness (QED) is 0.810. The van der Waals surface area contributed by atoms with Gasteiger partial charge in [0.15, 0.2) is 5.82 Å². The highest BCUT2D eigenvalue weighted by molar-refractivity contribution is 9.10. The summed E-state index contributed by atoms with van der Waals surface area (Å²) in [7, 11) is 0. The van der Waals surface area contributed by atoms with Crippen molar-refractivity contribution in [3.05, 3.63) is 28.5 Å². The van der Waals surface area contributed by atoms with Gasteiger partial charge in [-0.3, -0.25) is 0 Å². The predicted molar refractivity (Wildman–Crippen MR) is 86.8 cm³/mol. The van der Waals surface area contributed by atoms with E-state index in [1.165, 1.54) is 25.7 Å². The molecule has 1 aromatic carbocycles. The smallest absolute Gasteiger partial charge is 0.260 e. The number of halogens is 1. The molecular formula is C16H20BrN3O. The van der Waals surface area contributed by atoms with E-state index >= 15 is 0 Å². The van der Waals surface area contributed by atoms with Crippen molar-refractivity contribution in [3.8, 4) is 11.5 Å². The number of aromatic nitrogens is 2. The predicted octanol–water partition coefficient (Wildman–Crippen LogP) is 4.77. The Hall–Kier alpha value is -1.36. The lowest BCUT2D eigenvalue weighted by Gasteiger charge is -2.26. The largest absolute Gasteiger partial charge is 0.397 e. The van der Waals surface area contributed by atoms with Gasteiger partial charge in [-0.2, -0.15) is 4.98 Å². The zero-order valence-corrected chi connectivity index (χ0v) is 13.8. The average Bonchev–Trinajstić information content (AvgIpc) is 3.00. The number of nitrogen functional groups attached to an aromatic ring is 1. The Morgan fingerprint density at radius 3 is 3.05 bits per heavy atom. The number of hydrogen-bond donors (Lipinski definition) is 1. The molecule has 1 aliphatic rings. The molecule has 0 saturated heterocycles. The molecule has 4 nitrogen and oxygen atoms in total. The number of rotatable bonds is 3. The molecule has 21 heavy (non-hydrogen) atoms. The van der Waals surface area contributed by atoms with Crippen LogP contribution in [0, 0.1) is 5.92 Å². The molecule has 1 aromatic heterocycles. The molecule has 1 aliphatic carbocycles. The van der Waals surface area contributed by atoms with E-state index in [2.05, 4.69) is 33.0 Å². The van der Waals surface area contributed by atoms with Gasteiger partial charge in [0.05, 0.1) is 11.3 Å². The second kappa shape index (κ2) is 6.18. The molecule has 1 heterocycles. The molecule has 1 fully saturated rings. The summed E-state index contributed by atoms with van der Waals surface area (Å²) >= 11 is 3.43. The van der Waals surface area contributed by atoms with Gasteiger partial charge in [-0.1, -0.05) is 37.4 Å². The van der Waals surface area contributed by atoms with Crippen LogP contribution in [-0.2, 0) is 0 Å². The molecule has 0 amide bonds. The molecule has 2 N–H and O–H groups in total. The minimum atomic E-state index is 0.426. The van der Waals surface area contributed by atoms with Crippen LogP contribution in [0.4, 0.5) is 5.69 Å². The first-order valence-corrected chi connectivity index (χ1v) is 8.36. The van der Waals surface area contributed by atoms with Crippen molar-refractivity contribution in [2.24, 2.45) is 5.92 Å². The Morgan fingerprint density at radius 2 is 2.24 bits per heavy atom. The second-order valence-corrected chi connectivity index (χ2v) is 6.65. The molecule has 0 spiro atoms. The van der Waals surface area contributed by atoms with Crippen LogP contribution in [0.15, 0.2) is 27.2 Å². The van der Waals surface area contributed by atoms with Crippen LogP contribution in [0.1, 0.15) is 50.8 Å². The van der Waals surface area contributed by atoms with E-state index in [-0.39, 0.29) is 0 Å². The number of anilines is 1. The number of nitrogens with zero attached hydrogens (tertiary/aromatic N) is 2. The fourth-order valence-electron chi connectivity index (χ4n) is 3.13. The number of para-hydroxylation sites is 1. The molecular weight excluding hydrogens is 330 g/mol. The molecule has 3 rings (SSSR count). The van der Waals surface area contributed by atoms with Crippen molar-refractivity contribution >= 4 is 21.6 Å². The van der Waals surface area contributed by atoms with Crippen LogP contribution in [0.3, 0.4) is 0 Å². The van der Waals surface area contributed by atoms with Crippen LogP contribution in [-0.4, -0.2) is 10.1 Å². The first-order chi connectivity index (χ1) is 10.2. The van der Waals surface area contributed by atoms with Gasteiger partial charge < -0.3 is 10.3 Å². The Balaban J connectivity index is 1.85. The Bertz CT molecular complexity index is 626. The Labute approximate surface area is 133 Å². The van der Waals surface area contributed by atoms with E-state index in [1.807, 2.05) is 18.2 Å². The highest BCUT2D eigenvalue weighted by Crippen LogP contribution is 2.37. The number of nitrogens with two attached hydrogens (primary N) is 1. The van der Waals surface area contributed by atoms with Crippen molar-refractivity contribution in [3.63, 3.8) is 0 Å². The minimum absolute atomic E-state index is 0.426. The fourth-order valence-corrected chi connectivity index (χ4v) is 3.50. The Morgan fingerprint density at radius 1 is 1.38 bits per heavy atom. The summed E-state index contributed by atoms with van der Waals surface area (Å²) in [4.78, 5) is 4.60. The Kier molecular flexibility index (Phi) is 4.29. The summed E-state index contributed by atoms with van der Waals surface area (Å²) < 4.78 is 6.30. The zero-order valence-electron chi connectivity index (χ0n) is 12.2. The molecule has 0 radical (unpaired) electrons. The van der Waals surface area contributed by atoms with E-state index in [0.29, 0.717) is 17.5 Å². The SMILES string of the molecule is CCC1CCCC(c2noc(-c3cccc(Br)c3N)n2)C1. The van der Waals surface area contributed by atoms with E-state index < -0.39 is 0 Å². The van der Waals surface area contributed by atoms with Gasteiger partial charge in [-0.05, 0) is 46.8 Å². The first-order valence-electron chi connectivity index (χ1n) is 7.57. The lowest BCUT2D eigenvalue weighted by atomic mass is 9.80. The van der Waals surface area contributed by atoms with E-state index in [9.17, 15) is 0 Å². The summed E-state index contributed by atoms with van der Waals surface area (Å²) in [5, 5.41) is 4.20. The highest BCUT2D eigenvalue weighted by atomic mass is 79.9. The van der Waals surface area contributed by atoms with Gasteiger partial charge in [-0.25, -0.2) is 0 Å². The summed E-state index contributed by atoms with van der Waals surface area (Å²) in [5.41, 5.74) is 7.51. The second-order valence-electron chi connectivity index (χ2n) is 5.80. The van der Waals surface area contributed by atoms with Gasteiger partial charge in [0.25, 0.3) is 5.89 Å². The van der Waals surface area contributed by atoms with Crippen molar-refractivity contribution in [1.82, 2.24) is 10.1 Å². The lowest BCUT2D eigenvalue weighted by Crippen LogP contribution is -2.14. The summed E-state index contributed by atoms with van der Waals surface area (Å²) in [6.07, 6.45) is 6.15. The van der Waals surface area contributed by atoms with Gasteiger partial charge in [-0.15, -0.1) is 0 Å². The van der Waals surface area contributed by atoms with Crippen LogP contribution in [0.25, 0.3) is 11.5 Å². The molecule has 2 atom stereocenters. The third-order valence-electron chi connectivity index (χ3n) is 4.45. The maximum atomic E-state index is 6.07. The van der Waals surface area contributed by atoms with Crippen molar-refractivity contribution in [1.29, 1.82) is 0 Å². The molecule has 2 unspecified atom stereocenters. The van der Waals surface area contributed by atoms with Crippen LogP contribution in [0.2, 0.25) is 0 Å². The molecule has 5 heteroatoms. The van der Waals surface area contributed by atoms with Crippen molar-refractivity contribution in [2.75, 3.05) is 5.73 Å². The van der Waals surface area contributed by atoms with E-state index in [4.69, 9.17) is 10.3 Å². The zero-order chi connectivity index (χ0) is 14.8. The third kappa shape index (κ3) is 2.98. The standard InChI is InChI=1S/C16H20BrN3O/c1-2-10-5-3-6-11(9-10)15-19-16(21-20-15)12-7-4-8-13(17)14(12)18/h4,7-8,10-11H,2-3,5-6,9,18H2,1H3.